The monoisotopic (exact) mass is 453 g/mol. The number of aryl methyl sites for hydroxylation is 1. The first-order valence-electron chi connectivity index (χ1n) is 10.7. The van der Waals surface area contributed by atoms with Gasteiger partial charge in [-0.3, -0.25) is 19.8 Å². The largest absolute Gasteiger partial charge is 0.324 e. The fraction of sp³-hybridized carbons (Fsp3) is 0.348. The van der Waals surface area contributed by atoms with Crippen molar-refractivity contribution in [3.05, 3.63) is 59.5 Å². The third kappa shape index (κ3) is 4.53. The third-order valence-electron chi connectivity index (χ3n) is 6.21. The molecule has 1 aliphatic heterocycles. The normalized spacial score (nSPS) is 15.9. The van der Waals surface area contributed by atoms with Crippen molar-refractivity contribution in [1.82, 2.24) is 25.0 Å². The molecule has 1 saturated heterocycles. The third-order valence-corrected chi connectivity index (χ3v) is 6.21. The number of amides is 3. The molecule has 0 aliphatic carbocycles. The molecule has 0 radical (unpaired) electrons. The number of benzene rings is 2. The van der Waals surface area contributed by atoms with Crippen molar-refractivity contribution >= 4 is 28.5 Å². The second-order valence-corrected chi connectivity index (χ2v) is 8.51. The fourth-order valence-corrected chi connectivity index (χ4v) is 4.15. The highest BCUT2D eigenvalue weighted by atomic mass is 19.1. The number of halogens is 1. The van der Waals surface area contributed by atoms with E-state index in [1.54, 1.807) is 20.7 Å². The molecule has 1 aliphatic rings. The molecule has 10 heteroatoms. The molecule has 1 unspecified atom stereocenters. The van der Waals surface area contributed by atoms with Gasteiger partial charge in [-0.15, -0.1) is 0 Å². The van der Waals surface area contributed by atoms with Crippen molar-refractivity contribution in [2.24, 2.45) is 12.9 Å². The summed E-state index contributed by atoms with van der Waals surface area (Å²) in [5, 5.41) is 5.22. The van der Waals surface area contributed by atoms with Gasteiger partial charge in [-0.25, -0.2) is 15.0 Å². The van der Waals surface area contributed by atoms with Crippen LogP contribution in [0.5, 0.6) is 0 Å². The number of aromatic nitrogens is 2. The predicted octanol–water partition coefficient (Wildman–Crippen LogP) is 2.08. The zero-order valence-electron chi connectivity index (χ0n) is 19.0. The maximum Gasteiger partial charge on any atom is 0.324 e. The molecule has 0 bridgehead atoms. The number of hydrogen-bond acceptors (Lipinski definition) is 5. The average molecular weight is 454 g/mol. The van der Waals surface area contributed by atoms with Crippen molar-refractivity contribution in [2.45, 2.75) is 19.0 Å². The lowest BCUT2D eigenvalue weighted by atomic mass is 10.1. The second-order valence-electron chi connectivity index (χ2n) is 8.51. The Morgan fingerprint density at radius 1 is 1.24 bits per heavy atom. The van der Waals surface area contributed by atoms with Crippen LogP contribution in [0.4, 0.5) is 14.9 Å². The Morgan fingerprint density at radius 2 is 2.03 bits per heavy atom. The van der Waals surface area contributed by atoms with Crippen molar-refractivity contribution in [3.63, 3.8) is 0 Å². The number of carbonyl (C=O) groups excluding carboxylic acids is 2. The summed E-state index contributed by atoms with van der Waals surface area (Å²) in [6.07, 6.45) is 2.64. The maximum absolute atomic E-state index is 14.9. The second kappa shape index (κ2) is 9.16. The molecule has 3 aromatic rings. The molecule has 1 fully saturated rings. The quantitative estimate of drug-likeness (QED) is 0.350. The Morgan fingerprint density at radius 3 is 2.70 bits per heavy atom. The van der Waals surface area contributed by atoms with Gasteiger partial charge in [0, 0.05) is 48.4 Å². The number of nitrogens with zero attached hydrogens (tertiary/aromatic N) is 5. The molecule has 2 heterocycles. The Balaban J connectivity index is 1.69. The van der Waals surface area contributed by atoms with Crippen LogP contribution in [0.3, 0.4) is 0 Å². The molecule has 1 atom stereocenters. The van der Waals surface area contributed by atoms with Crippen LogP contribution in [0.25, 0.3) is 10.9 Å². The summed E-state index contributed by atoms with van der Waals surface area (Å²) in [6, 6.07) is 9.84. The van der Waals surface area contributed by atoms with E-state index in [4.69, 9.17) is 5.84 Å². The molecule has 0 spiro atoms. The molecule has 2 aromatic carbocycles. The number of likely N-dealkylation sites (tertiary alicyclic amines) is 1. The van der Waals surface area contributed by atoms with Crippen molar-refractivity contribution in [2.75, 3.05) is 32.1 Å². The van der Waals surface area contributed by atoms with Gasteiger partial charge in [0.2, 0.25) is 0 Å². The summed E-state index contributed by atoms with van der Waals surface area (Å²) in [6.45, 7) is 1.25. The van der Waals surface area contributed by atoms with E-state index in [0.29, 0.717) is 24.3 Å². The topological polar surface area (TPSA) is 99.7 Å². The molecule has 9 nitrogen and oxygen atoms in total. The molecule has 3 N–H and O–H groups in total. The van der Waals surface area contributed by atoms with Gasteiger partial charge in [-0.05, 0) is 50.8 Å². The molecule has 4 rings (SSSR count). The molecule has 33 heavy (non-hydrogen) atoms. The van der Waals surface area contributed by atoms with Gasteiger partial charge < -0.3 is 9.80 Å². The molecular weight excluding hydrogens is 425 g/mol. The maximum atomic E-state index is 14.9. The molecule has 1 aromatic heterocycles. The first kappa shape index (κ1) is 22.7. The van der Waals surface area contributed by atoms with Crippen LogP contribution in [-0.2, 0) is 13.6 Å². The highest BCUT2D eigenvalue weighted by molar-refractivity contribution is 5.95. The lowest BCUT2D eigenvalue weighted by Crippen LogP contribution is -2.43. The molecular formula is C23H28FN7O2. The van der Waals surface area contributed by atoms with Crippen LogP contribution in [-0.4, -0.2) is 64.7 Å². The van der Waals surface area contributed by atoms with Crippen molar-refractivity contribution < 1.29 is 14.0 Å². The minimum Gasteiger partial charge on any atom is -0.323 e. The van der Waals surface area contributed by atoms with Crippen LogP contribution in [0.2, 0.25) is 0 Å². The number of carbonyl (C=O) groups is 2. The van der Waals surface area contributed by atoms with Gasteiger partial charge >= 0.3 is 6.03 Å². The number of rotatable bonds is 5. The van der Waals surface area contributed by atoms with E-state index in [1.165, 1.54) is 12.1 Å². The molecule has 3 amide bonds. The summed E-state index contributed by atoms with van der Waals surface area (Å²) < 4.78 is 16.6. The summed E-state index contributed by atoms with van der Waals surface area (Å²) in [7, 11) is 5.84. The lowest BCUT2D eigenvalue weighted by Gasteiger charge is -2.29. The Hall–Kier alpha value is -3.50. The zero-order valence-corrected chi connectivity index (χ0v) is 19.0. The Kier molecular flexibility index (Phi) is 6.30. The SMILES string of the molecule is CN(C)C1CCN(C(=O)N(Cc2ccc(C(=O)NN)cc2F)c2ccc3cnn(C)c3c2)C1. The van der Waals surface area contributed by atoms with Crippen molar-refractivity contribution in [3.8, 4) is 0 Å². The number of anilines is 1. The number of hydrogen-bond donors (Lipinski definition) is 2. The minimum absolute atomic E-state index is 0.0156. The smallest absolute Gasteiger partial charge is 0.323 e. The average Bonchev–Trinajstić information content (AvgIpc) is 3.45. The van der Waals surface area contributed by atoms with E-state index < -0.39 is 11.7 Å². The van der Waals surface area contributed by atoms with E-state index in [1.807, 2.05) is 44.8 Å². The lowest BCUT2D eigenvalue weighted by molar-refractivity contribution is 0.0953. The van der Waals surface area contributed by atoms with E-state index >= 15 is 0 Å². The summed E-state index contributed by atoms with van der Waals surface area (Å²) in [4.78, 5) is 30.8. The number of likely N-dealkylation sites (N-methyl/N-ethyl adjacent to an activating group) is 1. The number of hydrazine groups is 1. The Bertz CT molecular complexity index is 1190. The van der Waals surface area contributed by atoms with Gasteiger partial charge in [0.1, 0.15) is 5.82 Å². The predicted molar refractivity (Wildman–Crippen MR) is 124 cm³/mol. The van der Waals surface area contributed by atoms with Crippen LogP contribution in [0, 0.1) is 5.82 Å². The molecule has 0 saturated carbocycles. The fourth-order valence-electron chi connectivity index (χ4n) is 4.15. The number of nitrogens with two attached hydrogens (primary N) is 1. The van der Waals surface area contributed by atoms with Gasteiger partial charge in [-0.2, -0.15) is 5.10 Å². The number of fused-ring (bicyclic) bond motifs is 1. The van der Waals surface area contributed by atoms with Gasteiger partial charge in [0.05, 0.1) is 18.3 Å². The van der Waals surface area contributed by atoms with Crippen molar-refractivity contribution in [1.29, 1.82) is 0 Å². The van der Waals surface area contributed by atoms with Gasteiger partial charge in [0.25, 0.3) is 5.91 Å². The highest BCUT2D eigenvalue weighted by Crippen LogP contribution is 2.27. The first-order chi connectivity index (χ1) is 15.8. The summed E-state index contributed by atoms with van der Waals surface area (Å²) in [5.74, 6) is 3.99. The van der Waals surface area contributed by atoms with Crippen LogP contribution in [0.15, 0.2) is 42.6 Å². The van der Waals surface area contributed by atoms with E-state index in [9.17, 15) is 14.0 Å². The summed E-state index contributed by atoms with van der Waals surface area (Å²) >= 11 is 0. The van der Waals surface area contributed by atoms with Crippen LogP contribution < -0.4 is 16.2 Å². The standard InChI is InChI=1S/C23H28FN7O2/c1-28(2)19-8-9-30(14-19)23(33)31(18-7-6-16-12-26-29(3)21(16)11-18)13-17-5-4-15(10-20(17)24)22(32)27-25/h4-7,10-12,19H,8-9,13-14,25H2,1-3H3,(H,27,32). The number of nitrogens with one attached hydrogen (secondary N) is 1. The number of nitrogen functional groups attached to an aromatic ring is 1. The number of urea groups is 1. The van der Waals surface area contributed by atoms with Crippen LogP contribution in [0.1, 0.15) is 22.3 Å². The minimum atomic E-state index is -0.582. The highest BCUT2D eigenvalue weighted by Gasteiger charge is 2.31. The summed E-state index contributed by atoms with van der Waals surface area (Å²) in [5.41, 5.74) is 3.92. The van der Waals surface area contributed by atoms with Gasteiger partial charge in [-0.1, -0.05) is 6.07 Å². The van der Waals surface area contributed by atoms with E-state index in [0.717, 1.165) is 23.4 Å². The molecule has 174 valence electrons. The Labute approximate surface area is 191 Å². The first-order valence-corrected chi connectivity index (χ1v) is 10.7. The van der Waals surface area contributed by atoms with Gasteiger partial charge in [0.15, 0.2) is 0 Å². The van der Waals surface area contributed by atoms with E-state index in [-0.39, 0.29) is 24.2 Å². The van der Waals surface area contributed by atoms with Crippen LogP contribution >= 0.6 is 0 Å². The zero-order chi connectivity index (χ0) is 23.7. The van der Waals surface area contributed by atoms with E-state index in [2.05, 4.69) is 10.00 Å².